The highest BCUT2D eigenvalue weighted by atomic mass is 32.1. The Balaban J connectivity index is 0.000000336. The molecule has 1 amide bonds. The number of aliphatic hydroxyl groups is 1. The molecule has 12 nitrogen and oxygen atoms in total. The van der Waals surface area contributed by atoms with Gasteiger partial charge in [0.15, 0.2) is 0 Å². The highest BCUT2D eigenvalue weighted by Crippen LogP contribution is 2.30. The number of hydrogen-bond donors (Lipinski definition) is 2. The fourth-order valence-corrected chi connectivity index (χ4v) is 5.55. The Hall–Kier alpha value is -3.88. The van der Waals surface area contributed by atoms with E-state index in [-0.39, 0.29) is 30.6 Å². The van der Waals surface area contributed by atoms with Crippen LogP contribution in [0.3, 0.4) is 0 Å². The van der Waals surface area contributed by atoms with Gasteiger partial charge in [0.1, 0.15) is 21.4 Å². The van der Waals surface area contributed by atoms with Crippen LogP contribution in [0.2, 0.25) is 0 Å². The summed E-state index contributed by atoms with van der Waals surface area (Å²) in [6.45, 7) is 8.17. The van der Waals surface area contributed by atoms with Crippen molar-refractivity contribution >= 4 is 28.0 Å². The van der Waals surface area contributed by atoms with Crippen LogP contribution in [-0.2, 0) is 29.0 Å². The molecule has 4 heterocycles. The van der Waals surface area contributed by atoms with Crippen LogP contribution in [0.1, 0.15) is 37.8 Å². The molecule has 2 N–H and O–H groups in total. The Bertz CT molecular complexity index is 1560. The smallest absolute Gasteiger partial charge is 0.332 e. The van der Waals surface area contributed by atoms with Gasteiger partial charge in [-0.05, 0) is 63.8 Å². The lowest BCUT2D eigenvalue weighted by atomic mass is 10.1. The van der Waals surface area contributed by atoms with E-state index in [1.54, 1.807) is 30.0 Å². The van der Waals surface area contributed by atoms with Gasteiger partial charge < -0.3 is 19.9 Å². The summed E-state index contributed by atoms with van der Waals surface area (Å²) < 4.78 is 26.8. The van der Waals surface area contributed by atoms with Crippen molar-refractivity contribution in [3.05, 3.63) is 68.4 Å². The minimum Gasteiger partial charge on any atom is -0.496 e. The number of aryl methyl sites for hydroxylation is 3. The van der Waals surface area contributed by atoms with Crippen molar-refractivity contribution in [2.75, 3.05) is 26.9 Å². The third kappa shape index (κ3) is 7.89. The molecule has 0 spiro atoms. The first-order chi connectivity index (χ1) is 20.3. The second kappa shape index (κ2) is 15.9. The van der Waals surface area contributed by atoms with Crippen LogP contribution in [0.15, 0.2) is 40.2 Å². The summed E-state index contributed by atoms with van der Waals surface area (Å²) >= 11 is 1.29. The number of thiophene rings is 1. The van der Waals surface area contributed by atoms with Crippen LogP contribution in [0.4, 0.5) is 4.39 Å². The van der Waals surface area contributed by atoms with Gasteiger partial charge in [0.2, 0.25) is 6.41 Å². The van der Waals surface area contributed by atoms with E-state index >= 15 is 0 Å². The third-order valence-electron chi connectivity index (χ3n) is 6.51. The Kier molecular flexibility index (Phi) is 12.4. The number of carbonyl (C=O) groups excluding carboxylic acids is 1. The van der Waals surface area contributed by atoms with Crippen LogP contribution in [0, 0.1) is 12.7 Å². The second-order valence-electron chi connectivity index (χ2n) is 9.24. The first-order valence-corrected chi connectivity index (χ1v) is 14.5. The molecule has 1 fully saturated rings. The van der Waals surface area contributed by atoms with Crippen molar-refractivity contribution < 1.29 is 23.8 Å². The van der Waals surface area contributed by atoms with E-state index in [0.717, 1.165) is 38.2 Å². The lowest BCUT2D eigenvalue weighted by molar-refractivity contribution is -0.109. The summed E-state index contributed by atoms with van der Waals surface area (Å²) in [6, 6.07) is 4.29. The van der Waals surface area contributed by atoms with Crippen molar-refractivity contribution in [3.63, 3.8) is 0 Å². The van der Waals surface area contributed by atoms with E-state index in [2.05, 4.69) is 15.5 Å². The Morgan fingerprint density at radius 1 is 1.19 bits per heavy atom. The van der Waals surface area contributed by atoms with E-state index in [1.807, 2.05) is 13.8 Å². The Morgan fingerprint density at radius 3 is 2.40 bits per heavy atom. The number of hydrogen-bond acceptors (Lipinski definition) is 9. The number of halogens is 1. The highest BCUT2D eigenvalue weighted by molar-refractivity contribution is 7.21. The lowest BCUT2D eigenvalue weighted by Crippen LogP contribution is -2.39. The number of aromatic nitrogens is 5. The molecule has 1 aliphatic rings. The first-order valence-electron chi connectivity index (χ1n) is 13.7. The van der Waals surface area contributed by atoms with Gasteiger partial charge in [0.25, 0.3) is 5.56 Å². The summed E-state index contributed by atoms with van der Waals surface area (Å²) in [5, 5.41) is 20.7. The summed E-state index contributed by atoms with van der Waals surface area (Å²) in [5.74, 6) is 0.175. The predicted molar refractivity (Wildman–Crippen MR) is 158 cm³/mol. The van der Waals surface area contributed by atoms with Crippen molar-refractivity contribution in [2.45, 2.75) is 59.2 Å². The van der Waals surface area contributed by atoms with Crippen LogP contribution >= 0.6 is 11.3 Å². The maximum Gasteiger partial charge on any atom is 0.332 e. The van der Waals surface area contributed by atoms with Gasteiger partial charge in [0.05, 0.1) is 31.0 Å². The molecule has 0 bridgehead atoms. The van der Waals surface area contributed by atoms with E-state index in [1.165, 1.54) is 39.9 Å². The van der Waals surface area contributed by atoms with Crippen molar-refractivity contribution in [1.29, 1.82) is 0 Å². The van der Waals surface area contributed by atoms with E-state index in [9.17, 15) is 18.8 Å². The molecule has 1 saturated heterocycles. The lowest BCUT2D eigenvalue weighted by Gasteiger charge is -2.15. The molecule has 5 rings (SSSR count). The SMILES string of the molecule is CCNC=O.CCn1c(=O)c2c(C)c(-n3nccn3)sc2n(CCc2cc(F)ccc2OC)c1=O.OC1CCOCC1. The molecular weight excluding hydrogens is 567 g/mol. The van der Waals surface area contributed by atoms with Gasteiger partial charge >= 0.3 is 5.69 Å². The van der Waals surface area contributed by atoms with Crippen LogP contribution in [-0.4, -0.2) is 68.6 Å². The predicted octanol–water partition coefficient (Wildman–Crippen LogP) is 2.43. The standard InChI is InChI=1S/C20H20FN5O3S.C5H10O2.C3H7NO/c1-4-24-17(27)16-12(2)18(26-22-8-9-23-26)30-19(16)25(20(24)28)10-7-13-11-14(21)5-6-15(13)29-3;6-5-1-3-7-4-2-5;1-2-4-3-5/h5-6,8-9,11H,4,7,10H2,1-3H3;5-6H,1-4H2;3H,2H2,1H3,(H,4,5). The molecule has 0 unspecified atom stereocenters. The third-order valence-corrected chi connectivity index (χ3v) is 7.79. The molecule has 1 aromatic carbocycles. The van der Waals surface area contributed by atoms with Crippen molar-refractivity contribution in [1.82, 2.24) is 29.4 Å². The minimum absolute atomic E-state index is 0.0891. The van der Waals surface area contributed by atoms with Gasteiger partial charge in [-0.25, -0.2) is 9.18 Å². The monoisotopic (exact) mass is 604 g/mol. The molecule has 1 aliphatic heterocycles. The zero-order chi connectivity index (χ0) is 30.6. The maximum absolute atomic E-state index is 13.7. The normalized spacial score (nSPS) is 13.1. The van der Waals surface area contributed by atoms with E-state index in [4.69, 9.17) is 14.6 Å². The number of ether oxygens (including phenoxy) is 2. The number of methoxy groups -OCH3 is 1. The number of fused-ring (bicyclic) bond motifs is 1. The summed E-state index contributed by atoms with van der Waals surface area (Å²) in [4.78, 5) is 37.4. The van der Waals surface area contributed by atoms with Gasteiger partial charge in [0, 0.05) is 38.4 Å². The number of nitrogens with one attached hydrogen (secondary N) is 1. The molecule has 42 heavy (non-hydrogen) atoms. The topological polar surface area (TPSA) is 142 Å². The summed E-state index contributed by atoms with van der Waals surface area (Å²) in [6.07, 6.45) is 5.70. The molecule has 14 heteroatoms. The molecule has 228 valence electrons. The molecule has 0 atom stereocenters. The number of carbonyl (C=O) groups is 1. The van der Waals surface area contributed by atoms with E-state index < -0.39 is 5.69 Å². The number of amides is 1. The average molecular weight is 605 g/mol. The number of nitrogens with zero attached hydrogens (tertiary/aromatic N) is 5. The fourth-order valence-electron chi connectivity index (χ4n) is 4.31. The first kappa shape index (κ1) is 32.6. The number of aliphatic hydroxyl groups excluding tert-OH is 1. The highest BCUT2D eigenvalue weighted by Gasteiger charge is 2.21. The minimum atomic E-state index is -0.397. The summed E-state index contributed by atoms with van der Waals surface area (Å²) in [7, 11) is 1.52. The quantitative estimate of drug-likeness (QED) is 0.292. The molecule has 0 saturated carbocycles. The number of benzene rings is 1. The van der Waals surface area contributed by atoms with Crippen molar-refractivity contribution in [2.24, 2.45) is 0 Å². The molecule has 3 aromatic heterocycles. The van der Waals surface area contributed by atoms with Gasteiger partial charge in [-0.2, -0.15) is 10.2 Å². The fraction of sp³-hybridized carbons (Fsp3) is 0.464. The molecule has 0 aliphatic carbocycles. The molecule has 0 radical (unpaired) electrons. The largest absolute Gasteiger partial charge is 0.496 e. The van der Waals surface area contributed by atoms with Crippen molar-refractivity contribution in [3.8, 4) is 10.8 Å². The number of rotatable bonds is 8. The second-order valence-corrected chi connectivity index (χ2v) is 10.2. The average Bonchev–Trinajstić information content (AvgIpc) is 3.63. The zero-order valence-corrected chi connectivity index (χ0v) is 25.0. The molecule has 4 aromatic rings. The summed E-state index contributed by atoms with van der Waals surface area (Å²) in [5.41, 5.74) is 0.639. The Labute approximate surface area is 246 Å². The van der Waals surface area contributed by atoms with Crippen LogP contribution in [0.5, 0.6) is 5.75 Å². The Morgan fingerprint density at radius 2 is 1.88 bits per heavy atom. The van der Waals surface area contributed by atoms with Crippen LogP contribution in [0.25, 0.3) is 15.2 Å². The van der Waals surface area contributed by atoms with Gasteiger partial charge in [-0.1, -0.05) is 11.3 Å². The maximum atomic E-state index is 13.7. The van der Waals surface area contributed by atoms with E-state index in [0.29, 0.717) is 39.4 Å². The van der Waals surface area contributed by atoms with Gasteiger partial charge in [-0.3, -0.25) is 18.7 Å². The zero-order valence-electron chi connectivity index (χ0n) is 24.2. The molecular formula is C28H37FN6O6S. The van der Waals surface area contributed by atoms with Crippen LogP contribution < -0.4 is 21.3 Å². The van der Waals surface area contributed by atoms with Gasteiger partial charge in [-0.15, -0.1) is 4.80 Å².